The highest BCUT2D eigenvalue weighted by molar-refractivity contribution is 5.25. The third kappa shape index (κ3) is 2.48. The van der Waals surface area contributed by atoms with Crippen LogP contribution in [0, 0.1) is 6.92 Å². The summed E-state index contributed by atoms with van der Waals surface area (Å²) < 4.78 is 5.45. The fourth-order valence-corrected chi connectivity index (χ4v) is 1.34. The van der Waals surface area contributed by atoms with Gasteiger partial charge in [0.15, 0.2) is 0 Å². The molecule has 0 saturated heterocycles. The number of nitrogens with one attached hydrogen (secondary N) is 1. The van der Waals surface area contributed by atoms with Crippen molar-refractivity contribution in [1.29, 1.82) is 0 Å². The van der Waals surface area contributed by atoms with Crippen LogP contribution in [0.2, 0.25) is 0 Å². The molecule has 1 aromatic carbocycles. The van der Waals surface area contributed by atoms with Crippen LogP contribution in [-0.2, 0) is 6.61 Å². The fourth-order valence-electron chi connectivity index (χ4n) is 1.34. The fraction of sp³-hybridized carbons (Fsp3) is 0.167. The Kier molecular flexibility index (Phi) is 3.00. The normalized spacial score (nSPS) is 10.1. The molecule has 4 heteroatoms. The SMILES string of the molecule is Cc1ccccc1COc1ccc(=O)[nH]n1. The second-order valence-corrected chi connectivity index (χ2v) is 3.47. The largest absolute Gasteiger partial charge is 0.472 e. The highest BCUT2D eigenvalue weighted by Crippen LogP contribution is 2.10. The summed E-state index contributed by atoms with van der Waals surface area (Å²) in [6, 6.07) is 10.9. The number of hydrogen-bond donors (Lipinski definition) is 1. The molecule has 0 aliphatic rings. The second-order valence-electron chi connectivity index (χ2n) is 3.47. The molecule has 82 valence electrons. The van der Waals surface area contributed by atoms with Crippen LogP contribution in [0.3, 0.4) is 0 Å². The molecule has 0 aliphatic heterocycles. The van der Waals surface area contributed by atoms with E-state index in [1.54, 1.807) is 6.07 Å². The van der Waals surface area contributed by atoms with Crippen LogP contribution in [0.1, 0.15) is 11.1 Å². The van der Waals surface area contributed by atoms with E-state index < -0.39 is 0 Å². The number of rotatable bonds is 3. The quantitative estimate of drug-likeness (QED) is 0.848. The third-order valence-electron chi connectivity index (χ3n) is 2.29. The van der Waals surface area contributed by atoms with Gasteiger partial charge in [-0.3, -0.25) is 4.79 Å². The summed E-state index contributed by atoms with van der Waals surface area (Å²) in [7, 11) is 0. The van der Waals surface area contributed by atoms with Crippen LogP contribution < -0.4 is 10.3 Å². The van der Waals surface area contributed by atoms with Gasteiger partial charge >= 0.3 is 0 Å². The van der Waals surface area contributed by atoms with Gasteiger partial charge in [0, 0.05) is 12.1 Å². The van der Waals surface area contributed by atoms with Crippen molar-refractivity contribution in [3.05, 3.63) is 57.9 Å². The standard InChI is InChI=1S/C12H12N2O2/c1-9-4-2-3-5-10(9)8-16-12-7-6-11(15)13-14-12/h2-7H,8H2,1H3,(H,13,15). The Bertz CT molecular complexity index is 514. The van der Waals surface area contributed by atoms with Crippen molar-refractivity contribution in [2.24, 2.45) is 0 Å². The molecule has 4 nitrogen and oxygen atoms in total. The first-order chi connectivity index (χ1) is 7.75. The Morgan fingerprint density at radius 3 is 2.75 bits per heavy atom. The highest BCUT2D eigenvalue weighted by Gasteiger charge is 1.99. The number of H-pyrrole nitrogens is 1. The van der Waals surface area contributed by atoms with Gasteiger partial charge in [-0.05, 0) is 18.1 Å². The molecular formula is C12H12N2O2. The van der Waals surface area contributed by atoms with Gasteiger partial charge in [0.25, 0.3) is 5.56 Å². The second kappa shape index (κ2) is 4.61. The van der Waals surface area contributed by atoms with E-state index in [0.717, 1.165) is 5.56 Å². The summed E-state index contributed by atoms with van der Waals surface area (Å²) in [4.78, 5) is 10.8. The van der Waals surface area contributed by atoms with E-state index in [-0.39, 0.29) is 5.56 Å². The summed E-state index contributed by atoms with van der Waals surface area (Å²) in [5.74, 6) is 0.419. The minimum absolute atomic E-state index is 0.233. The molecule has 0 bridgehead atoms. The van der Waals surface area contributed by atoms with Crippen molar-refractivity contribution in [1.82, 2.24) is 10.2 Å². The van der Waals surface area contributed by atoms with E-state index in [1.807, 2.05) is 31.2 Å². The molecule has 2 rings (SSSR count). The van der Waals surface area contributed by atoms with Crippen molar-refractivity contribution in [3.63, 3.8) is 0 Å². The first-order valence-electron chi connectivity index (χ1n) is 4.99. The maximum atomic E-state index is 10.8. The third-order valence-corrected chi connectivity index (χ3v) is 2.29. The Balaban J connectivity index is 2.05. The molecule has 2 aromatic rings. The predicted molar refractivity (Wildman–Crippen MR) is 60.4 cm³/mol. The Morgan fingerprint density at radius 1 is 1.25 bits per heavy atom. The van der Waals surface area contributed by atoms with E-state index in [2.05, 4.69) is 10.2 Å². The number of ether oxygens (including phenoxy) is 1. The van der Waals surface area contributed by atoms with Crippen LogP contribution in [-0.4, -0.2) is 10.2 Å². The van der Waals surface area contributed by atoms with E-state index in [1.165, 1.54) is 11.6 Å². The molecule has 1 N–H and O–H groups in total. The molecule has 1 aromatic heterocycles. The number of nitrogens with zero attached hydrogens (tertiary/aromatic N) is 1. The van der Waals surface area contributed by atoms with Crippen LogP contribution >= 0.6 is 0 Å². The van der Waals surface area contributed by atoms with Gasteiger partial charge in [0.2, 0.25) is 5.88 Å². The topological polar surface area (TPSA) is 55.0 Å². The number of aromatic amines is 1. The van der Waals surface area contributed by atoms with Gasteiger partial charge in [-0.25, -0.2) is 5.10 Å². The van der Waals surface area contributed by atoms with Gasteiger partial charge in [-0.1, -0.05) is 24.3 Å². The molecule has 0 radical (unpaired) electrons. The van der Waals surface area contributed by atoms with E-state index in [0.29, 0.717) is 12.5 Å². The van der Waals surface area contributed by atoms with Gasteiger partial charge in [-0.15, -0.1) is 5.10 Å². The molecular weight excluding hydrogens is 204 g/mol. The van der Waals surface area contributed by atoms with Crippen molar-refractivity contribution in [2.75, 3.05) is 0 Å². The molecule has 16 heavy (non-hydrogen) atoms. The summed E-state index contributed by atoms with van der Waals surface area (Å²) in [5, 5.41) is 6.08. The molecule has 0 unspecified atom stereocenters. The van der Waals surface area contributed by atoms with Crippen LogP contribution in [0.4, 0.5) is 0 Å². The molecule has 1 heterocycles. The van der Waals surface area contributed by atoms with E-state index in [4.69, 9.17) is 4.74 Å². The number of benzene rings is 1. The summed E-state index contributed by atoms with van der Waals surface area (Å²) in [6.07, 6.45) is 0. The Hall–Kier alpha value is -2.10. The number of aromatic nitrogens is 2. The smallest absolute Gasteiger partial charge is 0.264 e. The zero-order chi connectivity index (χ0) is 11.4. The summed E-state index contributed by atoms with van der Waals surface area (Å²) in [5.41, 5.74) is 2.05. The zero-order valence-electron chi connectivity index (χ0n) is 8.93. The first-order valence-corrected chi connectivity index (χ1v) is 4.99. The van der Waals surface area contributed by atoms with Crippen molar-refractivity contribution in [2.45, 2.75) is 13.5 Å². The van der Waals surface area contributed by atoms with Gasteiger partial charge in [-0.2, -0.15) is 0 Å². The minimum atomic E-state index is -0.233. The average Bonchev–Trinajstić information content (AvgIpc) is 2.30. The van der Waals surface area contributed by atoms with Gasteiger partial charge in [0.1, 0.15) is 6.61 Å². The average molecular weight is 216 g/mol. The van der Waals surface area contributed by atoms with Crippen molar-refractivity contribution in [3.8, 4) is 5.88 Å². The van der Waals surface area contributed by atoms with E-state index in [9.17, 15) is 4.79 Å². The molecule has 0 amide bonds. The van der Waals surface area contributed by atoms with Gasteiger partial charge < -0.3 is 4.74 Å². The molecule has 0 atom stereocenters. The lowest BCUT2D eigenvalue weighted by Gasteiger charge is -2.06. The van der Waals surface area contributed by atoms with Crippen LogP contribution in [0.25, 0.3) is 0 Å². The molecule has 0 spiro atoms. The first kappa shape index (κ1) is 10.4. The molecule has 0 aliphatic carbocycles. The maximum Gasteiger partial charge on any atom is 0.264 e. The maximum absolute atomic E-state index is 10.8. The molecule has 0 saturated carbocycles. The number of aryl methyl sites for hydroxylation is 1. The molecule has 0 fully saturated rings. The highest BCUT2D eigenvalue weighted by atomic mass is 16.5. The van der Waals surface area contributed by atoms with E-state index >= 15 is 0 Å². The van der Waals surface area contributed by atoms with Crippen LogP contribution in [0.15, 0.2) is 41.2 Å². The van der Waals surface area contributed by atoms with Crippen LogP contribution in [0.5, 0.6) is 5.88 Å². The van der Waals surface area contributed by atoms with Gasteiger partial charge in [0.05, 0.1) is 0 Å². The summed E-state index contributed by atoms with van der Waals surface area (Å²) >= 11 is 0. The minimum Gasteiger partial charge on any atom is -0.472 e. The monoisotopic (exact) mass is 216 g/mol. The Morgan fingerprint density at radius 2 is 2.06 bits per heavy atom. The Labute approximate surface area is 92.9 Å². The summed E-state index contributed by atoms with van der Waals surface area (Å²) in [6.45, 7) is 2.48. The number of hydrogen-bond acceptors (Lipinski definition) is 3. The van der Waals surface area contributed by atoms with Crippen molar-refractivity contribution < 1.29 is 4.74 Å². The lowest BCUT2D eigenvalue weighted by atomic mass is 10.1. The van der Waals surface area contributed by atoms with Crippen molar-refractivity contribution >= 4 is 0 Å². The lowest BCUT2D eigenvalue weighted by molar-refractivity contribution is 0.289. The predicted octanol–water partition coefficient (Wildman–Crippen LogP) is 1.66. The zero-order valence-corrected chi connectivity index (χ0v) is 8.93. The lowest BCUT2D eigenvalue weighted by Crippen LogP contribution is -2.07.